The van der Waals surface area contributed by atoms with E-state index < -0.39 is 11.4 Å². The van der Waals surface area contributed by atoms with Gasteiger partial charge in [0.2, 0.25) is 0 Å². The summed E-state index contributed by atoms with van der Waals surface area (Å²) in [5, 5.41) is 10.3. The number of thiazole rings is 1. The summed E-state index contributed by atoms with van der Waals surface area (Å²) in [5.41, 5.74) is -0.509. The van der Waals surface area contributed by atoms with Crippen molar-refractivity contribution < 1.29 is 9.90 Å². The molecule has 1 N–H and O–H groups in total. The number of carboxylic acids is 1. The third kappa shape index (κ3) is 2.35. The van der Waals surface area contributed by atoms with Crippen molar-refractivity contribution in [2.45, 2.75) is 33.2 Å². The molecule has 1 saturated heterocycles. The average Bonchev–Trinajstić information content (AvgIpc) is 2.70. The SMILES string of the molecule is CCc1cnc(CN2CC(CC)(C(=O)O)C2)s1. The Labute approximate surface area is 105 Å². The van der Waals surface area contributed by atoms with Gasteiger partial charge in [0.25, 0.3) is 0 Å². The fourth-order valence-electron chi connectivity index (χ4n) is 2.21. The highest BCUT2D eigenvalue weighted by Crippen LogP contribution is 2.35. The predicted molar refractivity (Wildman–Crippen MR) is 67.1 cm³/mol. The second kappa shape index (κ2) is 4.74. The van der Waals surface area contributed by atoms with E-state index in [0.29, 0.717) is 19.5 Å². The van der Waals surface area contributed by atoms with Crippen molar-refractivity contribution in [1.29, 1.82) is 0 Å². The molecule has 1 aromatic rings. The molecule has 17 heavy (non-hydrogen) atoms. The zero-order valence-electron chi connectivity index (χ0n) is 10.3. The third-order valence-electron chi connectivity index (χ3n) is 3.49. The van der Waals surface area contributed by atoms with Crippen LogP contribution in [0.15, 0.2) is 6.20 Å². The van der Waals surface area contributed by atoms with E-state index in [9.17, 15) is 9.90 Å². The molecule has 0 saturated carbocycles. The Morgan fingerprint density at radius 1 is 1.59 bits per heavy atom. The lowest BCUT2D eigenvalue weighted by Gasteiger charge is -2.46. The molecule has 2 heterocycles. The summed E-state index contributed by atoms with van der Waals surface area (Å²) in [4.78, 5) is 19.0. The molecule has 4 nitrogen and oxygen atoms in total. The summed E-state index contributed by atoms with van der Waals surface area (Å²) in [6, 6.07) is 0. The van der Waals surface area contributed by atoms with Gasteiger partial charge in [0.05, 0.1) is 12.0 Å². The molecule has 0 radical (unpaired) electrons. The second-order valence-corrected chi connectivity index (χ2v) is 5.86. The predicted octanol–water partition coefficient (Wildman–Crippen LogP) is 2.00. The lowest BCUT2D eigenvalue weighted by Crippen LogP contribution is -2.59. The first-order valence-electron chi connectivity index (χ1n) is 5.99. The van der Waals surface area contributed by atoms with Gasteiger partial charge < -0.3 is 5.11 Å². The standard InChI is InChI=1S/C12H18N2O2S/c1-3-9-5-13-10(17-9)6-14-7-12(4-2,8-14)11(15)16/h5H,3-4,6-8H2,1-2H3,(H,15,16). The summed E-state index contributed by atoms with van der Waals surface area (Å²) in [6.45, 7) is 6.16. The van der Waals surface area contributed by atoms with Gasteiger partial charge in [-0.25, -0.2) is 4.98 Å². The number of carbonyl (C=O) groups is 1. The van der Waals surface area contributed by atoms with E-state index >= 15 is 0 Å². The molecule has 1 aromatic heterocycles. The van der Waals surface area contributed by atoms with Crippen LogP contribution < -0.4 is 0 Å². The molecule has 1 fully saturated rings. The van der Waals surface area contributed by atoms with Gasteiger partial charge in [0.15, 0.2) is 0 Å². The lowest BCUT2D eigenvalue weighted by atomic mass is 9.77. The minimum atomic E-state index is -0.662. The first kappa shape index (κ1) is 12.5. The minimum Gasteiger partial charge on any atom is -0.481 e. The van der Waals surface area contributed by atoms with Gasteiger partial charge in [-0.3, -0.25) is 9.69 Å². The zero-order valence-corrected chi connectivity index (χ0v) is 11.1. The Bertz CT molecular complexity index is 410. The summed E-state index contributed by atoms with van der Waals surface area (Å²) in [6.07, 6.45) is 3.65. The number of likely N-dealkylation sites (tertiary alicyclic amines) is 1. The highest BCUT2D eigenvalue weighted by Gasteiger charge is 2.47. The van der Waals surface area contributed by atoms with Crippen LogP contribution in [0.2, 0.25) is 0 Å². The maximum Gasteiger partial charge on any atom is 0.312 e. The smallest absolute Gasteiger partial charge is 0.312 e. The zero-order chi connectivity index (χ0) is 12.5. The van der Waals surface area contributed by atoms with Gasteiger partial charge in [0, 0.05) is 24.2 Å². The van der Waals surface area contributed by atoms with Crippen LogP contribution in [-0.2, 0) is 17.8 Å². The van der Waals surface area contributed by atoms with Crippen molar-refractivity contribution in [2.24, 2.45) is 5.41 Å². The number of aryl methyl sites for hydroxylation is 1. The van der Waals surface area contributed by atoms with Crippen LogP contribution in [0.4, 0.5) is 0 Å². The van der Waals surface area contributed by atoms with E-state index in [1.54, 1.807) is 11.3 Å². The molecule has 0 spiro atoms. The number of hydrogen-bond donors (Lipinski definition) is 1. The fourth-order valence-corrected chi connectivity index (χ4v) is 3.11. The van der Waals surface area contributed by atoms with E-state index in [4.69, 9.17) is 0 Å². The molecule has 2 rings (SSSR count). The molecular formula is C12H18N2O2S. The van der Waals surface area contributed by atoms with Gasteiger partial charge in [-0.1, -0.05) is 13.8 Å². The number of nitrogens with zero attached hydrogens (tertiary/aromatic N) is 2. The molecule has 0 amide bonds. The third-order valence-corrected chi connectivity index (χ3v) is 4.62. The summed E-state index contributed by atoms with van der Waals surface area (Å²) in [5.74, 6) is -0.662. The maximum absolute atomic E-state index is 11.1. The molecule has 0 atom stereocenters. The van der Waals surface area contributed by atoms with E-state index in [2.05, 4.69) is 16.8 Å². The van der Waals surface area contributed by atoms with Crippen molar-refractivity contribution >= 4 is 17.3 Å². The lowest BCUT2D eigenvalue weighted by molar-refractivity contribution is -0.161. The molecule has 0 unspecified atom stereocenters. The van der Waals surface area contributed by atoms with Gasteiger partial charge in [0.1, 0.15) is 5.01 Å². The largest absolute Gasteiger partial charge is 0.481 e. The maximum atomic E-state index is 11.1. The van der Waals surface area contributed by atoms with Crippen LogP contribution >= 0.6 is 11.3 Å². The van der Waals surface area contributed by atoms with Crippen LogP contribution in [0.1, 0.15) is 30.2 Å². The first-order chi connectivity index (χ1) is 8.09. The molecule has 0 aromatic carbocycles. The molecular weight excluding hydrogens is 236 g/mol. The monoisotopic (exact) mass is 254 g/mol. The van der Waals surface area contributed by atoms with Crippen LogP contribution in [0.25, 0.3) is 0 Å². The number of aliphatic carboxylic acids is 1. The first-order valence-corrected chi connectivity index (χ1v) is 6.80. The second-order valence-electron chi connectivity index (χ2n) is 4.66. The Morgan fingerprint density at radius 2 is 2.29 bits per heavy atom. The highest BCUT2D eigenvalue weighted by molar-refractivity contribution is 7.11. The number of rotatable bonds is 5. The molecule has 1 aliphatic heterocycles. The van der Waals surface area contributed by atoms with E-state index in [1.165, 1.54) is 4.88 Å². The highest BCUT2D eigenvalue weighted by atomic mass is 32.1. The minimum absolute atomic E-state index is 0.509. The molecule has 5 heteroatoms. The Kier molecular flexibility index (Phi) is 3.49. The topological polar surface area (TPSA) is 53.4 Å². The Balaban J connectivity index is 1.90. The molecule has 1 aliphatic rings. The normalized spacial score (nSPS) is 18.9. The van der Waals surface area contributed by atoms with Crippen LogP contribution in [-0.4, -0.2) is 34.0 Å². The van der Waals surface area contributed by atoms with Crippen LogP contribution in [0.5, 0.6) is 0 Å². The number of hydrogen-bond acceptors (Lipinski definition) is 4. The van der Waals surface area contributed by atoms with Crippen molar-refractivity contribution in [3.8, 4) is 0 Å². The quantitative estimate of drug-likeness (QED) is 0.873. The van der Waals surface area contributed by atoms with Gasteiger partial charge in [-0.2, -0.15) is 0 Å². The number of aromatic nitrogens is 1. The van der Waals surface area contributed by atoms with Crippen LogP contribution in [0.3, 0.4) is 0 Å². The Hall–Kier alpha value is -0.940. The fraction of sp³-hybridized carbons (Fsp3) is 0.667. The van der Waals surface area contributed by atoms with Crippen molar-refractivity contribution in [3.63, 3.8) is 0 Å². The van der Waals surface area contributed by atoms with Crippen molar-refractivity contribution in [2.75, 3.05) is 13.1 Å². The van der Waals surface area contributed by atoms with Gasteiger partial charge >= 0.3 is 5.97 Å². The van der Waals surface area contributed by atoms with Crippen LogP contribution in [0, 0.1) is 5.41 Å². The van der Waals surface area contributed by atoms with E-state index in [1.807, 2.05) is 13.1 Å². The summed E-state index contributed by atoms with van der Waals surface area (Å²) in [7, 11) is 0. The average molecular weight is 254 g/mol. The van der Waals surface area contributed by atoms with E-state index in [-0.39, 0.29) is 0 Å². The number of carboxylic acid groups (broad SMARTS) is 1. The van der Waals surface area contributed by atoms with Crippen molar-refractivity contribution in [1.82, 2.24) is 9.88 Å². The van der Waals surface area contributed by atoms with E-state index in [0.717, 1.165) is 18.0 Å². The van der Waals surface area contributed by atoms with Gasteiger partial charge in [-0.15, -0.1) is 11.3 Å². The summed E-state index contributed by atoms with van der Waals surface area (Å²) >= 11 is 1.73. The molecule has 0 aliphatic carbocycles. The summed E-state index contributed by atoms with van der Waals surface area (Å²) < 4.78 is 0. The Morgan fingerprint density at radius 3 is 2.76 bits per heavy atom. The molecule has 0 bridgehead atoms. The van der Waals surface area contributed by atoms with Gasteiger partial charge in [-0.05, 0) is 12.8 Å². The van der Waals surface area contributed by atoms with Crippen molar-refractivity contribution in [3.05, 3.63) is 16.1 Å². The molecule has 94 valence electrons.